The van der Waals surface area contributed by atoms with E-state index in [-0.39, 0.29) is 11.7 Å². The van der Waals surface area contributed by atoms with Crippen molar-refractivity contribution < 1.29 is 4.79 Å². The Kier molecular flexibility index (Phi) is 8.80. The summed E-state index contributed by atoms with van der Waals surface area (Å²) in [4.78, 5) is 26.9. The van der Waals surface area contributed by atoms with Crippen LogP contribution in [0.4, 0.5) is 5.82 Å². The van der Waals surface area contributed by atoms with Crippen LogP contribution in [-0.4, -0.2) is 46.2 Å². The zero-order valence-electron chi connectivity index (χ0n) is 15.0. The first kappa shape index (κ1) is 20.9. The summed E-state index contributed by atoms with van der Waals surface area (Å²) in [7, 11) is 0. The number of carbonyl (C=O) groups excluding carboxylic acids is 1. The Labute approximate surface area is 168 Å². The number of amides is 1. The molecular weight excluding hydrogens is 382 g/mol. The van der Waals surface area contributed by atoms with Gasteiger partial charge in [-0.1, -0.05) is 41.6 Å². The van der Waals surface area contributed by atoms with Crippen LogP contribution in [0.15, 0.2) is 60.9 Å². The maximum atomic E-state index is 12.0. The number of aromatic nitrogens is 3. The van der Waals surface area contributed by atoms with Gasteiger partial charge >= 0.3 is 0 Å². The standard InChI is InChI=1S/C19H22ClN5OS/c1-3-11-25(12-4-2)17-13-16(20)23-19(24-17)27-14-18(26)22-10-8-15-7-5-6-9-21-15/h3-7,9,13H,1-2,8,10-12,14H2,(H,22,26). The van der Waals surface area contributed by atoms with Gasteiger partial charge in [0.2, 0.25) is 5.91 Å². The van der Waals surface area contributed by atoms with Gasteiger partial charge in [0.05, 0.1) is 5.75 Å². The highest BCUT2D eigenvalue weighted by atomic mass is 35.5. The quantitative estimate of drug-likeness (QED) is 0.269. The number of thioether (sulfide) groups is 1. The van der Waals surface area contributed by atoms with E-state index in [0.29, 0.717) is 42.2 Å². The van der Waals surface area contributed by atoms with Gasteiger partial charge in [0.1, 0.15) is 11.0 Å². The normalized spacial score (nSPS) is 10.3. The Morgan fingerprint density at radius 1 is 1.26 bits per heavy atom. The van der Waals surface area contributed by atoms with Gasteiger partial charge in [-0.05, 0) is 12.1 Å². The molecule has 0 aliphatic heterocycles. The molecule has 2 aromatic heterocycles. The van der Waals surface area contributed by atoms with E-state index in [1.165, 1.54) is 11.8 Å². The lowest BCUT2D eigenvalue weighted by atomic mass is 10.3. The average Bonchev–Trinajstić information content (AvgIpc) is 2.67. The summed E-state index contributed by atoms with van der Waals surface area (Å²) in [5, 5.41) is 3.65. The smallest absolute Gasteiger partial charge is 0.230 e. The topological polar surface area (TPSA) is 71.0 Å². The zero-order chi connectivity index (χ0) is 19.5. The molecule has 0 fully saturated rings. The van der Waals surface area contributed by atoms with Crippen molar-refractivity contribution in [2.45, 2.75) is 11.6 Å². The third-order valence-electron chi connectivity index (χ3n) is 3.45. The number of nitrogens with one attached hydrogen (secondary N) is 1. The zero-order valence-corrected chi connectivity index (χ0v) is 16.5. The molecule has 142 valence electrons. The Hall–Kier alpha value is -2.38. The SMILES string of the molecule is C=CCN(CC=C)c1cc(Cl)nc(SCC(=O)NCCc2ccccn2)n1. The first-order valence-corrected chi connectivity index (χ1v) is 9.79. The molecule has 0 saturated heterocycles. The highest BCUT2D eigenvalue weighted by Crippen LogP contribution is 2.21. The second-order valence-corrected chi connectivity index (χ2v) is 6.85. The Morgan fingerprint density at radius 3 is 2.70 bits per heavy atom. The van der Waals surface area contributed by atoms with E-state index in [1.807, 2.05) is 23.1 Å². The maximum absolute atomic E-state index is 12.0. The molecule has 8 heteroatoms. The fourth-order valence-electron chi connectivity index (χ4n) is 2.24. The molecule has 0 aliphatic carbocycles. The van der Waals surface area contributed by atoms with Gasteiger partial charge in [-0.15, -0.1) is 13.2 Å². The molecule has 1 amide bonds. The molecule has 0 aromatic carbocycles. The van der Waals surface area contributed by atoms with Crippen molar-refractivity contribution in [3.63, 3.8) is 0 Å². The number of hydrogen-bond acceptors (Lipinski definition) is 6. The van der Waals surface area contributed by atoms with E-state index in [1.54, 1.807) is 24.4 Å². The minimum absolute atomic E-state index is 0.0879. The van der Waals surface area contributed by atoms with E-state index in [0.717, 1.165) is 5.69 Å². The number of hydrogen-bond donors (Lipinski definition) is 1. The van der Waals surface area contributed by atoms with Crippen molar-refractivity contribution in [3.05, 3.63) is 66.6 Å². The molecule has 1 N–H and O–H groups in total. The van der Waals surface area contributed by atoms with E-state index < -0.39 is 0 Å². The minimum atomic E-state index is -0.0879. The van der Waals surface area contributed by atoms with Crippen LogP contribution >= 0.6 is 23.4 Å². The second-order valence-electron chi connectivity index (χ2n) is 5.52. The Bertz CT molecular complexity index is 762. The maximum Gasteiger partial charge on any atom is 0.230 e. The van der Waals surface area contributed by atoms with Gasteiger partial charge in [-0.2, -0.15) is 0 Å². The van der Waals surface area contributed by atoms with Crippen LogP contribution in [0.3, 0.4) is 0 Å². The van der Waals surface area contributed by atoms with Crippen LogP contribution < -0.4 is 10.2 Å². The molecule has 0 saturated carbocycles. The monoisotopic (exact) mass is 403 g/mol. The molecule has 0 atom stereocenters. The summed E-state index contributed by atoms with van der Waals surface area (Å²) in [6.45, 7) is 9.25. The lowest BCUT2D eigenvalue weighted by molar-refractivity contribution is -0.118. The lowest BCUT2D eigenvalue weighted by Gasteiger charge is -2.20. The number of nitrogens with zero attached hydrogens (tertiary/aromatic N) is 4. The molecule has 2 rings (SSSR count). The van der Waals surface area contributed by atoms with Crippen LogP contribution in [0.25, 0.3) is 0 Å². The number of halogens is 1. The van der Waals surface area contributed by atoms with Crippen LogP contribution in [0.2, 0.25) is 5.15 Å². The van der Waals surface area contributed by atoms with Gasteiger partial charge in [-0.3, -0.25) is 9.78 Å². The van der Waals surface area contributed by atoms with Crippen LogP contribution in [0, 0.1) is 0 Å². The predicted molar refractivity (Wildman–Crippen MR) is 111 cm³/mol. The third kappa shape index (κ3) is 7.40. The molecule has 0 aliphatic rings. The van der Waals surface area contributed by atoms with Gasteiger partial charge in [-0.25, -0.2) is 9.97 Å². The van der Waals surface area contributed by atoms with Crippen molar-refractivity contribution in [1.29, 1.82) is 0 Å². The molecule has 0 spiro atoms. The van der Waals surface area contributed by atoms with Gasteiger partial charge in [0, 0.05) is 44.0 Å². The number of rotatable bonds is 11. The van der Waals surface area contributed by atoms with Crippen LogP contribution in [0.5, 0.6) is 0 Å². The highest BCUT2D eigenvalue weighted by molar-refractivity contribution is 7.99. The molecule has 2 heterocycles. The Morgan fingerprint density at radius 2 is 2.04 bits per heavy atom. The largest absolute Gasteiger partial charge is 0.355 e. The molecule has 2 aromatic rings. The molecule has 6 nitrogen and oxygen atoms in total. The van der Waals surface area contributed by atoms with Crippen molar-refractivity contribution in [1.82, 2.24) is 20.3 Å². The molecule has 0 bridgehead atoms. The van der Waals surface area contributed by atoms with E-state index in [4.69, 9.17) is 11.6 Å². The summed E-state index contributed by atoms with van der Waals surface area (Å²) in [5.74, 6) is 0.799. The molecule has 27 heavy (non-hydrogen) atoms. The molecule has 0 unspecified atom stereocenters. The fourth-order valence-corrected chi connectivity index (χ4v) is 3.15. The summed E-state index contributed by atoms with van der Waals surface area (Å²) < 4.78 is 0. The van der Waals surface area contributed by atoms with Crippen molar-refractivity contribution in [3.8, 4) is 0 Å². The summed E-state index contributed by atoms with van der Waals surface area (Å²) in [5.41, 5.74) is 0.942. The van der Waals surface area contributed by atoms with Gasteiger partial charge < -0.3 is 10.2 Å². The number of carbonyl (C=O) groups is 1. The van der Waals surface area contributed by atoms with Crippen LogP contribution in [-0.2, 0) is 11.2 Å². The minimum Gasteiger partial charge on any atom is -0.355 e. The van der Waals surface area contributed by atoms with Crippen molar-refractivity contribution in [2.24, 2.45) is 0 Å². The van der Waals surface area contributed by atoms with E-state index in [9.17, 15) is 4.79 Å². The highest BCUT2D eigenvalue weighted by Gasteiger charge is 2.11. The summed E-state index contributed by atoms with van der Waals surface area (Å²) in [6, 6.07) is 7.41. The average molecular weight is 404 g/mol. The predicted octanol–water partition coefficient (Wildman–Crippen LogP) is 3.15. The first-order chi connectivity index (χ1) is 13.1. The van der Waals surface area contributed by atoms with Gasteiger partial charge in [0.15, 0.2) is 5.16 Å². The summed E-state index contributed by atoms with van der Waals surface area (Å²) in [6.07, 6.45) is 5.99. The van der Waals surface area contributed by atoms with Crippen LogP contribution in [0.1, 0.15) is 5.69 Å². The molecule has 0 radical (unpaired) electrons. The third-order valence-corrected chi connectivity index (χ3v) is 4.49. The molecular formula is C19H22ClN5OS. The van der Waals surface area contributed by atoms with E-state index >= 15 is 0 Å². The number of anilines is 1. The van der Waals surface area contributed by atoms with Crippen molar-refractivity contribution >= 4 is 35.1 Å². The number of pyridine rings is 1. The van der Waals surface area contributed by atoms with Gasteiger partial charge in [0.25, 0.3) is 0 Å². The first-order valence-electron chi connectivity index (χ1n) is 8.43. The second kappa shape index (κ2) is 11.4. The Balaban J connectivity index is 1.87. The van der Waals surface area contributed by atoms with E-state index in [2.05, 4.69) is 33.4 Å². The summed E-state index contributed by atoms with van der Waals surface area (Å²) >= 11 is 7.35. The lowest BCUT2D eigenvalue weighted by Crippen LogP contribution is -2.27. The van der Waals surface area contributed by atoms with Crippen molar-refractivity contribution in [2.75, 3.05) is 30.3 Å². The fraction of sp³-hybridized carbons (Fsp3) is 0.263.